The summed E-state index contributed by atoms with van der Waals surface area (Å²) in [6.07, 6.45) is 0.731. The lowest BCUT2D eigenvalue weighted by Gasteiger charge is -2.25. The second kappa shape index (κ2) is 7.85. The topological polar surface area (TPSA) is 52.7 Å². The van der Waals surface area contributed by atoms with Crippen molar-refractivity contribution in [1.29, 1.82) is 0 Å². The average Bonchev–Trinajstić information content (AvgIpc) is 2.80. The summed E-state index contributed by atoms with van der Waals surface area (Å²) in [7, 11) is 0. The number of amides is 3. The van der Waals surface area contributed by atoms with Gasteiger partial charge in [-0.25, -0.2) is 9.18 Å². The van der Waals surface area contributed by atoms with E-state index in [1.54, 1.807) is 22.8 Å². The van der Waals surface area contributed by atoms with Crippen LogP contribution in [0.2, 0.25) is 0 Å². The van der Waals surface area contributed by atoms with Gasteiger partial charge < -0.3 is 15.1 Å². The highest BCUT2D eigenvalue weighted by atomic mass is 19.1. The minimum atomic E-state index is -0.311. The molecule has 1 aromatic carbocycles. The summed E-state index contributed by atoms with van der Waals surface area (Å²) in [5.74, 6) is -0.422. The van der Waals surface area contributed by atoms with Crippen molar-refractivity contribution in [2.45, 2.75) is 34.1 Å². The molecule has 1 aliphatic rings. The van der Waals surface area contributed by atoms with Gasteiger partial charge in [-0.2, -0.15) is 0 Å². The first-order chi connectivity index (χ1) is 11.7. The maximum Gasteiger partial charge on any atom is 0.317 e. The Kier molecular flexibility index (Phi) is 6.03. The van der Waals surface area contributed by atoms with Crippen LogP contribution in [0.3, 0.4) is 0 Å². The molecule has 1 fully saturated rings. The van der Waals surface area contributed by atoms with Crippen molar-refractivity contribution in [1.82, 2.24) is 15.1 Å². The minimum Gasteiger partial charge on any atom is -0.337 e. The van der Waals surface area contributed by atoms with E-state index in [2.05, 4.69) is 26.1 Å². The number of hydrogen-bond acceptors (Lipinski definition) is 2. The molecule has 0 radical (unpaired) electrons. The lowest BCUT2D eigenvalue weighted by Crippen LogP contribution is -2.44. The van der Waals surface area contributed by atoms with Crippen molar-refractivity contribution in [2.24, 2.45) is 5.41 Å². The Morgan fingerprint density at radius 3 is 2.40 bits per heavy atom. The van der Waals surface area contributed by atoms with Crippen LogP contribution in [0.15, 0.2) is 18.2 Å². The number of rotatable bonds is 2. The predicted octanol–water partition coefficient (Wildman–Crippen LogP) is 3.04. The van der Waals surface area contributed by atoms with E-state index in [9.17, 15) is 14.0 Å². The van der Waals surface area contributed by atoms with Crippen molar-refractivity contribution in [3.63, 3.8) is 0 Å². The van der Waals surface area contributed by atoms with Crippen molar-refractivity contribution in [3.8, 4) is 0 Å². The molecule has 0 spiro atoms. The van der Waals surface area contributed by atoms with Crippen LogP contribution in [-0.2, 0) is 0 Å². The zero-order chi connectivity index (χ0) is 18.6. The van der Waals surface area contributed by atoms with Crippen LogP contribution in [0.5, 0.6) is 0 Å². The molecule has 1 heterocycles. The summed E-state index contributed by atoms with van der Waals surface area (Å²) >= 11 is 0. The zero-order valence-electron chi connectivity index (χ0n) is 15.6. The molecule has 0 bridgehead atoms. The fourth-order valence-corrected chi connectivity index (χ4v) is 2.74. The van der Waals surface area contributed by atoms with Gasteiger partial charge in [-0.3, -0.25) is 4.79 Å². The van der Waals surface area contributed by atoms with Crippen LogP contribution < -0.4 is 5.32 Å². The van der Waals surface area contributed by atoms with E-state index in [0.29, 0.717) is 43.9 Å². The quantitative estimate of drug-likeness (QED) is 0.892. The maximum atomic E-state index is 13.4. The highest BCUT2D eigenvalue weighted by Gasteiger charge is 2.23. The fourth-order valence-electron chi connectivity index (χ4n) is 2.74. The standard InChI is InChI=1S/C19H28FN3O2/c1-14-12-15(6-7-16(14)20)17(24)22-8-5-9-23(11-10-22)18(25)21-13-19(2,3)4/h6-7,12H,5,8-11,13H2,1-4H3,(H,21,25). The minimum absolute atomic E-state index is 0.0317. The average molecular weight is 349 g/mol. The van der Waals surface area contributed by atoms with E-state index in [-0.39, 0.29) is 23.2 Å². The van der Waals surface area contributed by atoms with Gasteiger partial charge in [0.2, 0.25) is 0 Å². The van der Waals surface area contributed by atoms with E-state index in [1.165, 1.54) is 12.1 Å². The first kappa shape index (κ1) is 19.2. The Labute approximate surface area is 149 Å². The molecule has 1 saturated heterocycles. The number of halogens is 1. The molecule has 3 amide bonds. The molecular weight excluding hydrogens is 321 g/mol. The molecule has 5 nitrogen and oxygen atoms in total. The third kappa shape index (κ3) is 5.44. The molecule has 1 N–H and O–H groups in total. The Balaban J connectivity index is 1.95. The van der Waals surface area contributed by atoms with Gasteiger partial charge in [-0.05, 0) is 42.5 Å². The largest absolute Gasteiger partial charge is 0.337 e. The third-order valence-electron chi connectivity index (χ3n) is 4.25. The fraction of sp³-hybridized carbons (Fsp3) is 0.579. The predicted molar refractivity (Wildman–Crippen MR) is 96.1 cm³/mol. The number of nitrogens with one attached hydrogen (secondary N) is 1. The highest BCUT2D eigenvalue weighted by Crippen LogP contribution is 2.14. The van der Waals surface area contributed by atoms with Crippen molar-refractivity contribution >= 4 is 11.9 Å². The lowest BCUT2D eigenvalue weighted by atomic mass is 9.97. The molecule has 0 aliphatic carbocycles. The molecule has 1 aromatic rings. The highest BCUT2D eigenvalue weighted by molar-refractivity contribution is 5.94. The lowest BCUT2D eigenvalue weighted by molar-refractivity contribution is 0.0762. The van der Waals surface area contributed by atoms with Crippen LogP contribution >= 0.6 is 0 Å². The zero-order valence-corrected chi connectivity index (χ0v) is 15.6. The van der Waals surface area contributed by atoms with E-state index in [0.717, 1.165) is 6.42 Å². The number of carbonyl (C=O) groups excluding carboxylic acids is 2. The van der Waals surface area contributed by atoms with Crippen LogP contribution in [-0.4, -0.2) is 54.5 Å². The van der Waals surface area contributed by atoms with Crippen LogP contribution in [0.4, 0.5) is 9.18 Å². The molecule has 138 valence electrons. The summed E-state index contributed by atoms with van der Waals surface area (Å²) in [5, 5.41) is 2.95. The van der Waals surface area contributed by atoms with Gasteiger partial charge in [0.05, 0.1) is 0 Å². The number of benzene rings is 1. The van der Waals surface area contributed by atoms with Gasteiger partial charge in [0, 0.05) is 38.3 Å². The van der Waals surface area contributed by atoms with E-state index < -0.39 is 0 Å². The number of hydrogen-bond donors (Lipinski definition) is 1. The first-order valence-electron chi connectivity index (χ1n) is 8.75. The summed E-state index contributed by atoms with van der Waals surface area (Å²) in [4.78, 5) is 28.4. The Morgan fingerprint density at radius 2 is 1.76 bits per heavy atom. The summed E-state index contributed by atoms with van der Waals surface area (Å²) < 4.78 is 13.4. The van der Waals surface area contributed by atoms with E-state index in [1.807, 2.05) is 0 Å². The van der Waals surface area contributed by atoms with Gasteiger partial charge in [0.15, 0.2) is 0 Å². The molecule has 1 aliphatic heterocycles. The van der Waals surface area contributed by atoms with Crippen LogP contribution in [0.25, 0.3) is 0 Å². The van der Waals surface area contributed by atoms with Crippen LogP contribution in [0.1, 0.15) is 43.1 Å². The molecule has 0 aromatic heterocycles. The normalized spacial score (nSPS) is 15.7. The summed E-state index contributed by atoms with van der Waals surface area (Å²) in [6, 6.07) is 4.34. The Bertz CT molecular complexity index is 640. The van der Waals surface area contributed by atoms with Crippen molar-refractivity contribution in [3.05, 3.63) is 35.1 Å². The molecule has 25 heavy (non-hydrogen) atoms. The first-order valence-corrected chi connectivity index (χ1v) is 8.75. The van der Waals surface area contributed by atoms with Gasteiger partial charge in [0.1, 0.15) is 5.82 Å². The third-order valence-corrected chi connectivity index (χ3v) is 4.25. The summed E-state index contributed by atoms with van der Waals surface area (Å²) in [5.41, 5.74) is 0.984. The van der Waals surface area contributed by atoms with Crippen molar-refractivity contribution < 1.29 is 14.0 Å². The molecule has 6 heteroatoms. The van der Waals surface area contributed by atoms with Gasteiger partial charge in [0.25, 0.3) is 5.91 Å². The molecule has 0 unspecified atom stereocenters. The maximum absolute atomic E-state index is 13.4. The van der Waals surface area contributed by atoms with E-state index in [4.69, 9.17) is 0 Å². The molecule has 2 rings (SSSR count). The number of urea groups is 1. The monoisotopic (exact) mass is 349 g/mol. The Morgan fingerprint density at radius 1 is 1.12 bits per heavy atom. The molecule has 0 atom stereocenters. The molecule has 0 saturated carbocycles. The Hall–Kier alpha value is -2.11. The SMILES string of the molecule is Cc1cc(C(=O)N2CCCN(C(=O)NCC(C)(C)C)CC2)ccc1F. The summed E-state index contributed by atoms with van der Waals surface area (Å²) in [6.45, 7) is 10.7. The van der Waals surface area contributed by atoms with Crippen LogP contribution in [0, 0.1) is 18.2 Å². The van der Waals surface area contributed by atoms with Gasteiger partial charge >= 0.3 is 6.03 Å². The van der Waals surface area contributed by atoms with Gasteiger partial charge in [-0.1, -0.05) is 20.8 Å². The second-order valence-corrected chi connectivity index (χ2v) is 7.82. The smallest absolute Gasteiger partial charge is 0.317 e. The number of nitrogens with zero attached hydrogens (tertiary/aromatic N) is 2. The molecular formula is C19H28FN3O2. The number of carbonyl (C=O) groups is 2. The van der Waals surface area contributed by atoms with E-state index >= 15 is 0 Å². The van der Waals surface area contributed by atoms with Gasteiger partial charge in [-0.15, -0.1) is 0 Å². The van der Waals surface area contributed by atoms with Crippen molar-refractivity contribution in [2.75, 3.05) is 32.7 Å². The number of aryl methyl sites for hydroxylation is 1. The second-order valence-electron chi connectivity index (χ2n) is 7.82.